The lowest BCUT2D eigenvalue weighted by atomic mass is 9.84. The molecule has 0 saturated heterocycles. The summed E-state index contributed by atoms with van der Waals surface area (Å²) in [5.74, 6) is 0.0733. The molecule has 0 aliphatic carbocycles. The highest BCUT2D eigenvalue weighted by Gasteiger charge is 2.40. The first-order valence-electron chi connectivity index (χ1n) is 11.2. The topological polar surface area (TPSA) is 120 Å². The van der Waals surface area contributed by atoms with Crippen molar-refractivity contribution in [3.05, 3.63) is 101 Å². The highest BCUT2D eigenvalue weighted by Crippen LogP contribution is 2.54. The summed E-state index contributed by atoms with van der Waals surface area (Å²) in [6, 6.07) is 19.3. The van der Waals surface area contributed by atoms with Gasteiger partial charge in [-0.2, -0.15) is 0 Å². The van der Waals surface area contributed by atoms with E-state index in [2.05, 4.69) is 0 Å². The van der Waals surface area contributed by atoms with E-state index in [9.17, 15) is 25.5 Å². The predicted molar refractivity (Wildman–Crippen MR) is 135 cm³/mol. The molecule has 5 rings (SSSR count). The van der Waals surface area contributed by atoms with Crippen LogP contribution in [0.5, 0.6) is 40.2 Å². The molecule has 0 spiro atoms. The summed E-state index contributed by atoms with van der Waals surface area (Å²) in [6.45, 7) is 0. The van der Waals surface area contributed by atoms with Crippen LogP contribution in [0, 0.1) is 0 Å². The first kappa shape index (κ1) is 23.0. The van der Waals surface area contributed by atoms with Gasteiger partial charge in [0.25, 0.3) is 0 Å². The van der Waals surface area contributed by atoms with E-state index >= 15 is 0 Å². The lowest BCUT2D eigenvalue weighted by Gasteiger charge is -2.21. The predicted octanol–water partition coefficient (Wildman–Crippen LogP) is 5.66. The smallest absolute Gasteiger partial charge is 0.160 e. The Morgan fingerprint density at radius 1 is 0.667 bits per heavy atom. The van der Waals surface area contributed by atoms with Gasteiger partial charge in [0.05, 0.1) is 13.0 Å². The molecule has 4 aromatic carbocycles. The fraction of sp³-hybridized carbons (Fsp3) is 0.103. The Hall–Kier alpha value is -4.78. The van der Waals surface area contributed by atoms with E-state index in [1.54, 1.807) is 48.5 Å². The molecule has 0 bridgehead atoms. The largest absolute Gasteiger partial charge is 0.508 e. The molecule has 2 atom stereocenters. The van der Waals surface area contributed by atoms with Crippen LogP contribution in [0.15, 0.2) is 72.8 Å². The lowest BCUT2D eigenvalue weighted by molar-refractivity contribution is 0.221. The monoisotopic (exact) mass is 484 g/mol. The molecule has 0 radical (unpaired) electrons. The van der Waals surface area contributed by atoms with Gasteiger partial charge in [0.2, 0.25) is 0 Å². The first-order valence-corrected chi connectivity index (χ1v) is 11.2. The first-order chi connectivity index (χ1) is 17.3. The van der Waals surface area contributed by atoms with Crippen LogP contribution in [0.1, 0.15) is 39.8 Å². The van der Waals surface area contributed by atoms with Gasteiger partial charge in [0, 0.05) is 11.6 Å². The van der Waals surface area contributed by atoms with Crippen LogP contribution >= 0.6 is 0 Å². The zero-order chi connectivity index (χ0) is 25.4. The molecule has 1 aliphatic rings. The maximum Gasteiger partial charge on any atom is 0.160 e. The molecule has 0 amide bonds. The van der Waals surface area contributed by atoms with Crippen molar-refractivity contribution >= 4 is 12.2 Å². The normalized spacial score (nSPS) is 16.6. The molecule has 0 fully saturated rings. The number of phenolic OH excluding ortho intramolecular Hbond substituents is 5. The molecule has 0 unspecified atom stereocenters. The summed E-state index contributed by atoms with van der Waals surface area (Å²) in [5, 5.41) is 50.9. The van der Waals surface area contributed by atoms with Crippen LogP contribution in [-0.2, 0) is 0 Å². The highest BCUT2D eigenvalue weighted by atomic mass is 16.5. The molecule has 1 heterocycles. The number of aromatic hydroxyl groups is 5. The minimum Gasteiger partial charge on any atom is -0.508 e. The SMILES string of the molecule is COc1cc([C@H]2Oc3cc(/C=C/c4ccc(O)cc4)cc(O)c3[C@@H]2c2cc(O)cc(O)c2)ccc1O. The Balaban J connectivity index is 1.60. The molecule has 7 heteroatoms. The summed E-state index contributed by atoms with van der Waals surface area (Å²) in [7, 11) is 1.45. The number of fused-ring (bicyclic) bond motifs is 1. The number of methoxy groups -OCH3 is 1. The quantitative estimate of drug-likeness (QED) is 0.232. The van der Waals surface area contributed by atoms with Crippen molar-refractivity contribution in [2.45, 2.75) is 12.0 Å². The summed E-state index contributed by atoms with van der Waals surface area (Å²) >= 11 is 0. The van der Waals surface area contributed by atoms with Crippen LogP contribution in [-0.4, -0.2) is 32.6 Å². The third kappa shape index (κ3) is 4.34. The summed E-state index contributed by atoms with van der Waals surface area (Å²) in [6.07, 6.45) is 3.03. The summed E-state index contributed by atoms with van der Waals surface area (Å²) in [5.41, 5.74) is 3.30. The van der Waals surface area contributed by atoms with Gasteiger partial charge in [0.15, 0.2) is 11.5 Å². The van der Waals surface area contributed by atoms with Crippen LogP contribution in [0.4, 0.5) is 0 Å². The minimum absolute atomic E-state index is 0.000989. The summed E-state index contributed by atoms with van der Waals surface area (Å²) < 4.78 is 11.6. The molecule has 36 heavy (non-hydrogen) atoms. The zero-order valence-corrected chi connectivity index (χ0v) is 19.3. The average Bonchev–Trinajstić information content (AvgIpc) is 3.23. The number of ether oxygens (including phenoxy) is 2. The number of hydrogen-bond donors (Lipinski definition) is 5. The zero-order valence-electron chi connectivity index (χ0n) is 19.3. The number of benzene rings is 4. The second-order valence-electron chi connectivity index (χ2n) is 8.61. The van der Waals surface area contributed by atoms with Gasteiger partial charge in [-0.1, -0.05) is 30.4 Å². The van der Waals surface area contributed by atoms with Gasteiger partial charge in [-0.15, -0.1) is 0 Å². The molecule has 4 aromatic rings. The van der Waals surface area contributed by atoms with Gasteiger partial charge < -0.3 is 35.0 Å². The Labute approximate surface area is 207 Å². The number of hydrogen-bond acceptors (Lipinski definition) is 7. The van der Waals surface area contributed by atoms with Crippen molar-refractivity contribution in [1.82, 2.24) is 0 Å². The van der Waals surface area contributed by atoms with Crippen LogP contribution in [0.2, 0.25) is 0 Å². The van der Waals surface area contributed by atoms with E-state index in [1.807, 2.05) is 12.2 Å². The van der Waals surface area contributed by atoms with Crippen LogP contribution in [0.3, 0.4) is 0 Å². The fourth-order valence-corrected chi connectivity index (χ4v) is 4.54. The van der Waals surface area contributed by atoms with Gasteiger partial charge in [-0.25, -0.2) is 0 Å². The second-order valence-corrected chi connectivity index (χ2v) is 8.61. The van der Waals surface area contributed by atoms with Crippen molar-refractivity contribution in [1.29, 1.82) is 0 Å². The van der Waals surface area contributed by atoms with Gasteiger partial charge >= 0.3 is 0 Å². The number of rotatable bonds is 5. The molecule has 1 aliphatic heterocycles. The van der Waals surface area contributed by atoms with Crippen LogP contribution in [0.25, 0.3) is 12.2 Å². The molecular weight excluding hydrogens is 460 g/mol. The van der Waals surface area contributed by atoms with Gasteiger partial charge in [-0.05, 0) is 70.8 Å². The van der Waals surface area contributed by atoms with E-state index in [-0.39, 0.29) is 34.5 Å². The van der Waals surface area contributed by atoms with Crippen molar-refractivity contribution in [3.63, 3.8) is 0 Å². The van der Waals surface area contributed by atoms with Crippen molar-refractivity contribution in [3.8, 4) is 40.2 Å². The van der Waals surface area contributed by atoms with E-state index in [0.29, 0.717) is 28.0 Å². The Morgan fingerprint density at radius 3 is 2.06 bits per heavy atom. The van der Waals surface area contributed by atoms with Crippen LogP contribution < -0.4 is 9.47 Å². The van der Waals surface area contributed by atoms with E-state index in [4.69, 9.17) is 9.47 Å². The lowest BCUT2D eigenvalue weighted by Crippen LogP contribution is -2.11. The fourth-order valence-electron chi connectivity index (χ4n) is 4.54. The molecular formula is C29H24O7. The number of phenols is 5. The Morgan fingerprint density at radius 2 is 1.36 bits per heavy atom. The van der Waals surface area contributed by atoms with Gasteiger partial charge in [-0.3, -0.25) is 0 Å². The second kappa shape index (κ2) is 9.11. The Kier molecular flexibility index (Phi) is 5.82. The molecule has 0 saturated carbocycles. The molecule has 5 N–H and O–H groups in total. The van der Waals surface area contributed by atoms with E-state index in [1.165, 1.54) is 31.4 Å². The van der Waals surface area contributed by atoms with Crippen molar-refractivity contribution in [2.75, 3.05) is 7.11 Å². The van der Waals surface area contributed by atoms with Gasteiger partial charge in [0.1, 0.15) is 34.9 Å². The third-order valence-electron chi connectivity index (χ3n) is 6.19. The molecule has 182 valence electrons. The molecule has 7 nitrogen and oxygen atoms in total. The van der Waals surface area contributed by atoms with Crippen molar-refractivity contribution < 1.29 is 35.0 Å². The maximum absolute atomic E-state index is 11.1. The standard InChI is InChI=1S/C29H24O7/c1-35-25-14-18(6-9-23(25)33)29-27(19-12-21(31)15-22(32)13-19)28-24(34)10-17(11-26(28)36-29)3-2-16-4-7-20(30)8-5-16/h2-15,27,29-34H,1H3/b3-2+/t27-,29+/m0/s1. The van der Waals surface area contributed by atoms with E-state index in [0.717, 1.165) is 5.56 Å². The summed E-state index contributed by atoms with van der Waals surface area (Å²) in [4.78, 5) is 0. The third-order valence-corrected chi connectivity index (χ3v) is 6.19. The highest BCUT2D eigenvalue weighted by molar-refractivity contribution is 5.73. The average molecular weight is 485 g/mol. The maximum atomic E-state index is 11.1. The molecule has 0 aromatic heterocycles. The van der Waals surface area contributed by atoms with Crippen molar-refractivity contribution in [2.24, 2.45) is 0 Å². The van der Waals surface area contributed by atoms with E-state index < -0.39 is 12.0 Å². The minimum atomic E-state index is -0.641. The Bertz CT molecular complexity index is 1440.